The fraction of sp³-hybridized carbons (Fsp3) is 0.750. The molecule has 0 atom stereocenters. The second-order valence-corrected chi connectivity index (χ2v) is 5.82. The molecule has 1 saturated heterocycles. The number of aryl methyl sites for hydroxylation is 2. The Kier molecular flexibility index (Phi) is 5.79. The molecule has 0 bridgehead atoms. The van der Waals surface area contributed by atoms with Crippen LogP contribution in [-0.2, 0) is 13.0 Å². The van der Waals surface area contributed by atoms with Crippen LogP contribution in [0.2, 0.25) is 0 Å². The first kappa shape index (κ1) is 16.0. The molecule has 0 unspecified atom stereocenters. The molecule has 1 aromatic heterocycles. The lowest BCUT2D eigenvalue weighted by molar-refractivity contribution is 0.0674. The van der Waals surface area contributed by atoms with Crippen LogP contribution in [-0.4, -0.2) is 47.3 Å². The summed E-state index contributed by atoms with van der Waals surface area (Å²) in [5, 5.41) is 7.69. The summed E-state index contributed by atoms with van der Waals surface area (Å²) in [5.74, 6) is 0.903. The van der Waals surface area contributed by atoms with Crippen LogP contribution in [0.25, 0.3) is 0 Å². The minimum Gasteiger partial charge on any atom is -0.337 e. The molecule has 1 N–H and O–H groups in total. The van der Waals surface area contributed by atoms with Crippen molar-refractivity contribution in [3.05, 3.63) is 17.5 Å². The van der Waals surface area contributed by atoms with Crippen molar-refractivity contribution in [2.45, 2.75) is 46.1 Å². The van der Waals surface area contributed by atoms with Gasteiger partial charge in [-0.1, -0.05) is 6.92 Å². The highest BCUT2D eigenvalue weighted by molar-refractivity contribution is 5.92. The second kappa shape index (κ2) is 7.59. The zero-order valence-electron chi connectivity index (χ0n) is 13.6. The van der Waals surface area contributed by atoms with Crippen molar-refractivity contribution in [2.24, 2.45) is 5.92 Å². The van der Waals surface area contributed by atoms with Crippen LogP contribution in [0, 0.1) is 5.92 Å². The molecule has 0 aliphatic carbocycles. The molecule has 5 heteroatoms. The van der Waals surface area contributed by atoms with E-state index in [1.54, 1.807) is 0 Å². The lowest BCUT2D eigenvalue weighted by Crippen LogP contribution is -2.39. The summed E-state index contributed by atoms with van der Waals surface area (Å²) in [4.78, 5) is 14.7. The lowest BCUT2D eigenvalue weighted by atomic mass is 9.93. The minimum absolute atomic E-state index is 0.149. The zero-order chi connectivity index (χ0) is 15.2. The standard InChI is InChI=1S/C16H28N4O/c1-4-14-12-15(20(5-2)18-14)16(21)19-10-7-13(8-11-19)6-9-17-3/h12-13,17H,4-11H2,1-3H3. The van der Waals surface area contributed by atoms with Gasteiger partial charge < -0.3 is 10.2 Å². The van der Waals surface area contributed by atoms with Crippen LogP contribution < -0.4 is 5.32 Å². The molecule has 1 aromatic rings. The average molecular weight is 292 g/mol. The first-order valence-electron chi connectivity index (χ1n) is 8.20. The maximum atomic E-state index is 12.7. The number of nitrogens with zero attached hydrogens (tertiary/aromatic N) is 3. The predicted octanol–water partition coefficient (Wildman–Crippen LogP) is 1.93. The maximum Gasteiger partial charge on any atom is 0.272 e. The number of carbonyl (C=O) groups is 1. The van der Waals surface area contributed by atoms with Crippen LogP contribution in [0.4, 0.5) is 0 Å². The number of hydrogen-bond donors (Lipinski definition) is 1. The van der Waals surface area contributed by atoms with Gasteiger partial charge >= 0.3 is 0 Å². The summed E-state index contributed by atoms with van der Waals surface area (Å²) in [7, 11) is 2.00. The third kappa shape index (κ3) is 3.84. The van der Waals surface area contributed by atoms with Crippen molar-refractivity contribution in [1.82, 2.24) is 20.0 Å². The molecule has 1 fully saturated rings. The largest absolute Gasteiger partial charge is 0.337 e. The van der Waals surface area contributed by atoms with Crippen molar-refractivity contribution in [3.8, 4) is 0 Å². The normalized spacial score (nSPS) is 16.4. The SMILES string of the molecule is CCc1cc(C(=O)N2CCC(CCNC)CC2)n(CC)n1. The van der Waals surface area contributed by atoms with E-state index in [9.17, 15) is 4.79 Å². The van der Waals surface area contributed by atoms with E-state index in [0.717, 1.165) is 62.7 Å². The summed E-state index contributed by atoms with van der Waals surface area (Å²) in [5.41, 5.74) is 1.76. The molecular formula is C16H28N4O. The third-order valence-electron chi connectivity index (χ3n) is 4.42. The predicted molar refractivity (Wildman–Crippen MR) is 84.5 cm³/mol. The van der Waals surface area contributed by atoms with Gasteiger partial charge in [-0.05, 0) is 58.2 Å². The number of carbonyl (C=O) groups excluding carboxylic acids is 1. The van der Waals surface area contributed by atoms with Crippen LogP contribution in [0.1, 0.15) is 49.3 Å². The number of amides is 1. The van der Waals surface area contributed by atoms with Crippen LogP contribution in [0.5, 0.6) is 0 Å². The lowest BCUT2D eigenvalue weighted by Gasteiger charge is -2.32. The zero-order valence-corrected chi connectivity index (χ0v) is 13.6. The highest BCUT2D eigenvalue weighted by Crippen LogP contribution is 2.21. The highest BCUT2D eigenvalue weighted by Gasteiger charge is 2.25. The molecule has 0 spiro atoms. The fourth-order valence-corrected chi connectivity index (χ4v) is 2.99. The number of rotatable bonds is 6. The van der Waals surface area contributed by atoms with Gasteiger partial charge in [0.25, 0.3) is 5.91 Å². The van der Waals surface area contributed by atoms with Crippen LogP contribution in [0.15, 0.2) is 6.07 Å². The molecule has 0 radical (unpaired) electrons. The smallest absolute Gasteiger partial charge is 0.272 e. The molecule has 5 nitrogen and oxygen atoms in total. The topological polar surface area (TPSA) is 50.2 Å². The number of nitrogens with one attached hydrogen (secondary N) is 1. The Labute approximate surface area is 127 Å². The Hall–Kier alpha value is -1.36. The second-order valence-electron chi connectivity index (χ2n) is 5.82. The van der Waals surface area contributed by atoms with Crippen molar-refractivity contribution in [3.63, 3.8) is 0 Å². The first-order chi connectivity index (χ1) is 10.2. The molecule has 21 heavy (non-hydrogen) atoms. The highest BCUT2D eigenvalue weighted by atomic mass is 16.2. The Morgan fingerprint density at radius 2 is 2.10 bits per heavy atom. The van der Waals surface area contributed by atoms with E-state index < -0.39 is 0 Å². The van der Waals surface area contributed by atoms with Gasteiger partial charge in [-0.3, -0.25) is 9.48 Å². The van der Waals surface area contributed by atoms with Gasteiger partial charge in [0.15, 0.2) is 0 Å². The van der Waals surface area contributed by atoms with Gasteiger partial charge in [0, 0.05) is 19.6 Å². The van der Waals surface area contributed by atoms with Gasteiger partial charge in [-0.25, -0.2) is 0 Å². The average Bonchev–Trinajstić information content (AvgIpc) is 2.96. The monoisotopic (exact) mass is 292 g/mol. The summed E-state index contributed by atoms with van der Waals surface area (Å²) >= 11 is 0. The minimum atomic E-state index is 0.149. The quantitative estimate of drug-likeness (QED) is 0.871. The summed E-state index contributed by atoms with van der Waals surface area (Å²) in [6.45, 7) is 7.69. The maximum absolute atomic E-state index is 12.7. The van der Waals surface area contributed by atoms with Crippen molar-refractivity contribution in [1.29, 1.82) is 0 Å². The number of piperidine rings is 1. The van der Waals surface area contributed by atoms with Gasteiger partial charge in [-0.15, -0.1) is 0 Å². The van der Waals surface area contributed by atoms with E-state index in [4.69, 9.17) is 0 Å². The first-order valence-corrected chi connectivity index (χ1v) is 8.20. The Morgan fingerprint density at radius 3 is 2.67 bits per heavy atom. The van der Waals surface area contributed by atoms with Gasteiger partial charge in [-0.2, -0.15) is 5.10 Å². The third-order valence-corrected chi connectivity index (χ3v) is 4.42. The van der Waals surface area contributed by atoms with E-state index in [1.807, 2.05) is 29.6 Å². The number of likely N-dealkylation sites (tertiary alicyclic amines) is 1. The summed E-state index contributed by atoms with van der Waals surface area (Å²) in [6.07, 6.45) is 4.33. The van der Waals surface area contributed by atoms with Gasteiger partial charge in [0.1, 0.15) is 5.69 Å². The van der Waals surface area contributed by atoms with Crippen molar-refractivity contribution in [2.75, 3.05) is 26.7 Å². The van der Waals surface area contributed by atoms with Crippen molar-refractivity contribution >= 4 is 5.91 Å². The number of aromatic nitrogens is 2. The van der Waals surface area contributed by atoms with Crippen LogP contribution >= 0.6 is 0 Å². The van der Waals surface area contributed by atoms with E-state index in [0.29, 0.717) is 0 Å². The number of hydrogen-bond acceptors (Lipinski definition) is 3. The summed E-state index contributed by atoms with van der Waals surface area (Å²) < 4.78 is 1.84. The van der Waals surface area contributed by atoms with Crippen LogP contribution in [0.3, 0.4) is 0 Å². The molecular weight excluding hydrogens is 264 g/mol. The molecule has 1 aliphatic heterocycles. The molecule has 118 valence electrons. The molecule has 2 heterocycles. The summed E-state index contributed by atoms with van der Waals surface area (Å²) in [6, 6.07) is 1.96. The molecule has 0 saturated carbocycles. The molecule has 1 amide bonds. The van der Waals surface area contributed by atoms with E-state index in [2.05, 4.69) is 17.3 Å². The Morgan fingerprint density at radius 1 is 1.38 bits per heavy atom. The molecule has 2 rings (SSSR count). The van der Waals surface area contributed by atoms with Crippen molar-refractivity contribution < 1.29 is 4.79 Å². The Bertz CT molecular complexity index is 461. The van der Waals surface area contributed by atoms with Gasteiger partial charge in [0.2, 0.25) is 0 Å². The molecule has 1 aliphatic rings. The Balaban J connectivity index is 1.97. The van der Waals surface area contributed by atoms with E-state index in [1.165, 1.54) is 6.42 Å². The van der Waals surface area contributed by atoms with E-state index >= 15 is 0 Å². The molecule has 0 aromatic carbocycles. The van der Waals surface area contributed by atoms with E-state index in [-0.39, 0.29) is 5.91 Å². The fourth-order valence-electron chi connectivity index (χ4n) is 2.99. The van der Waals surface area contributed by atoms with Gasteiger partial charge in [0.05, 0.1) is 5.69 Å².